The van der Waals surface area contributed by atoms with Crippen LogP contribution in [0.1, 0.15) is 17.1 Å². The van der Waals surface area contributed by atoms with Gasteiger partial charge in [-0.05, 0) is 18.6 Å². The molecule has 6 nitrogen and oxygen atoms in total. The van der Waals surface area contributed by atoms with Crippen LogP contribution in [0.25, 0.3) is 0 Å². The van der Waals surface area contributed by atoms with E-state index >= 15 is 0 Å². The van der Waals surface area contributed by atoms with Gasteiger partial charge in [-0.1, -0.05) is 18.2 Å². The van der Waals surface area contributed by atoms with E-state index in [4.69, 9.17) is 5.26 Å². The molecule has 0 atom stereocenters. The van der Waals surface area contributed by atoms with Crippen LogP contribution in [0.5, 0.6) is 0 Å². The van der Waals surface area contributed by atoms with Gasteiger partial charge in [0.25, 0.3) is 0 Å². The lowest BCUT2D eigenvalue weighted by atomic mass is 10.3. The standard InChI is InChI=1S/C14H14N4O2S2/c15-9-12-11-21-14(16-12)10-17-7-4-8-18(22(17,19)20)13-5-2-1-3-6-13/h1-3,5-6,11H,4,7-8,10H2. The second-order valence-corrected chi connectivity index (χ2v) is 7.64. The number of nitrogens with zero attached hydrogens (tertiary/aromatic N) is 4. The predicted octanol–water partition coefficient (Wildman–Crippen LogP) is 1.97. The van der Waals surface area contributed by atoms with E-state index in [1.165, 1.54) is 19.9 Å². The van der Waals surface area contributed by atoms with Crippen LogP contribution in [0.2, 0.25) is 0 Å². The molecule has 1 aromatic heterocycles. The van der Waals surface area contributed by atoms with Crippen LogP contribution >= 0.6 is 11.3 Å². The highest BCUT2D eigenvalue weighted by Gasteiger charge is 2.34. The fraction of sp³-hybridized carbons (Fsp3) is 0.286. The quantitative estimate of drug-likeness (QED) is 0.860. The molecule has 1 aliphatic heterocycles. The zero-order valence-electron chi connectivity index (χ0n) is 11.7. The van der Waals surface area contributed by atoms with Crippen LogP contribution in [0.3, 0.4) is 0 Å². The van der Waals surface area contributed by atoms with E-state index in [-0.39, 0.29) is 6.54 Å². The molecule has 1 fully saturated rings. The maximum absolute atomic E-state index is 12.8. The molecule has 0 N–H and O–H groups in total. The topological polar surface area (TPSA) is 77.3 Å². The molecular formula is C14H14N4O2S2. The third-order valence-electron chi connectivity index (χ3n) is 3.40. The summed E-state index contributed by atoms with van der Waals surface area (Å²) in [6.45, 7) is 1.15. The normalized spacial score (nSPS) is 18.0. The van der Waals surface area contributed by atoms with Gasteiger partial charge in [0.1, 0.15) is 11.1 Å². The van der Waals surface area contributed by atoms with E-state index in [0.29, 0.717) is 29.5 Å². The number of aromatic nitrogens is 1. The summed E-state index contributed by atoms with van der Waals surface area (Å²) < 4.78 is 28.4. The van der Waals surface area contributed by atoms with E-state index in [1.54, 1.807) is 17.5 Å². The summed E-state index contributed by atoms with van der Waals surface area (Å²) in [5.74, 6) is 0. The van der Waals surface area contributed by atoms with Crippen LogP contribution in [-0.2, 0) is 16.8 Å². The molecule has 1 aromatic carbocycles. The minimum absolute atomic E-state index is 0.206. The van der Waals surface area contributed by atoms with Crippen LogP contribution in [-0.4, -0.2) is 30.8 Å². The fourth-order valence-electron chi connectivity index (χ4n) is 2.36. The highest BCUT2D eigenvalue weighted by molar-refractivity contribution is 7.90. The molecule has 114 valence electrons. The first-order valence-corrected chi connectivity index (χ1v) is 9.06. The van der Waals surface area contributed by atoms with Gasteiger partial charge < -0.3 is 0 Å². The van der Waals surface area contributed by atoms with Gasteiger partial charge in [-0.3, -0.25) is 4.31 Å². The summed E-state index contributed by atoms with van der Waals surface area (Å²) in [7, 11) is -3.56. The molecule has 2 heterocycles. The van der Waals surface area contributed by atoms with E-state index in [2.05, 4.69) is 4.98 Å². The Kier molecular flexibility index (Phi) is 4.11. The molecule has 0 aliphatic carbocycles. The number of hydrogen-bond acceptors (Lipinski definition) is 5. The Labute approximate surface area is 133 Å². The Morgan fingerprint density at radius 1 is 1.27 bits per heavy atom. The lowest BCUT2D eigenvalue weighted by Gasteiger charge is -2.35. The zero-order valence-corrected chi connectivity index (χ0v) is 13.3. The van der Waals surface area contributed by atoms with Crippen molar-refractivity contribution in [3.63, 3.8) is 0 Å². The number of anilines is 1. The molecular weight excluding hydrogens is 320 g/mol. The highest BCUT2D eigenvalue weighted by Crippen LogP contribution is 2.26. The van der Waals surface area contributed by atoms with E-state index in [0.717, 1.165) is 6.42 Å². The van der Waals surface area contributed by atoms with E-state index in [9.17, 15) is 8.42 Å². The Bertz CT molecular complexity index is 796. The first-order valence-electron chi connectivity index (χ1n) is 6.78. The SMILES string of the molecule is N#Cc1csc(CN2CCCN(c3ccccc3)S2(=O)=O)n1. The molecule has 0 amide bonds. The number of thiazole rings is 1. The minimum atomic E-state index is -3.56. The van der Waals surface area contributed by atoms with Crippen molar-refractivity contribution >= 4 is 27.2 Å². The predicted molar refractivity (Wildman–Crippen MR) is 84.6 cm³/mol. The van der Waals surface area contributed by atoms with Crippen molar-refractivity contribution in [3.8, 4) is 6.07 Å². The smallest absolute Gasteiger partial charge is 0.258 e. The maximum Gasteiger partial charge on any atom is 0.304 e. The van der Waals surface area contributed by atoms with Crippen LogP contribution < -0.4 is 4.31 Å². The summed E-state index contributed by atoms with van der Waals surface area (Å²) in [5.41, 5.74) is 0.998. The molecule has 0 bridgehead atoms. The summed E-state index contributed by atoms with van der Waals surface area (Å²) >= 11 is 1.31. The van der Waals surface area contributed by atoms with Crippen molar-refractivity contribution in [1.29, 1.82) is 5.26 Å². The van der Waals surface area contributed by atoms with Crippen molar-refractivity contribution in [2.75, 3.05) is 17.4 Å². The maximum atomic E-state index is 12.8. The van der Waals surface area contributed by atoms with Gasteiger partial charge in [0, 0.05) is 18.5 Å². The van der Waals surface area contributed by atoms with Crippen LogP contribution in [0, 0.1) is 11.3 Å². The van der Waals surface area contributed by atoms with Crippen LogP contribution in [0.4, 0.5) is 5.69 Å². The van der Waals surface area contributed by atoms with Gasteiger partial charge >= 0.3 is 10.2 Å². The lowest BCUT2D eigenvalue weighted by molar-refractivity contribution is 0.380. The zero-order chi connectivity index (χ0) is 15.6. The second kappa shape index (κ2) is 6.04. The summed E-state index contributed by atoms with van der Waals surface area (Å²) in [5, 5.41) is 11.1. The Balaban J connectivity index is 1.85. The molecule has 22 heavy (non-hydrogen) atoms. The van der Waals surface area contributed by atoms with E-state index < -0.39 is 10.2 Å². The van der Waals surface area contributed by atoms with Crippen molar-refractivity contribution in [2.45, 2.75) is 13.0 Å². The third kappa shape index (κ3) is 2.83. The first kappa shape index (κ1) is 15.0. The van der Waals surface area contributed by atoms with Crippen molar-refractivity contribution < 1.29 is 8.42 Å². The minimum Gasteiger partial charge on any atom is -0.258 e. The number of rotatable bonds is 3. The molecule has 1 aliphatic rings. The van der Waals surface area contributed by atoms with Gasteiger partial charge in [-0.25, -0.2) is 4.98 Å². The van der Waals surface area contributed by atoms with Crippen molar-refractivity contribution in [1.82, 2.24) is 9.29 Å². The Morgan fingerprint density at radius 3 is 2.73 bits per heavy atom. The molecule has 8 heteroatoms. The first-order chi connectivity index (χ1) is 10.6. The largest absolute Gasteiger partial charge is 0.304 e. The van der Waals surface area contributed by atoms with E-state index in [1.807, 2.05) is 24.3 Å². The molecule has 2 aromatic rings. The molecule has 0 saturated carbocycles. The molecule has 0 spiro atoms. The van der Waals surface area contributed by atoms with Gasteiger partial charge in [-0.2, -0.15) is 18.0 Å². The van der Waals surface area contributed by atoms with Gasteiger partial charge in [-0.15, -0.1) is 11.3 Å². The average molecular weight is 334 g/mol. The van der Waals surface area contributed by atoms with Crippen molar-refractivity contribution in [2.24, 2.45) is 0 Å². The molecule has 1 saturated heterocycles. The van der Waals surface area contributed by atoms with Gasteiger partial charge in [0.15, 0.2) is 5.69 Å². The molecule has 0 unspecified atom stereocenters. The highest BCUT2D eigenvalue weighted by atomic mass is 32.2. The number of nitriles is 1. The fourth-order valence-corrected chi connectivity index (χ4v) is 4.85. The van der Waals surface area contributed by atoms with Gasteiger partial charge in [0.2, 0.25) is 0 Å². The summed E-state index contributed by atoms with van der Waals surface area (Å²) in [6.07, 6.45) is 0.755. The Hall–Kier alpha value is -1.95. The Morgan fingerprint density at radius 2 is 2.05 bits per heavy atom. The number of para-hydroxylation sites is 1. The average Bonchev–Trinajstić information content (AvgIpc) is 2.98. The molecule has 0 radical (unpaired) electrons. The monoisotopic (exact) mass is 334 g/mol. The van der Waals surface area contributed by atoms with Crippen LogP contribution in [0.15, 0.2) is 35.7 Å². The summed E-state index contributed by atoms with van der Waals surface area (Å²) in [4.78, 5) is 4.12. The summed E-state index contributed by atoms with van der Waals surface area (Å²) in [6, 6.07) is 11.0. The third-order valence-corrected chi connectivity index (χ3v) is 6.14. The molecule has 3 rings (SSSR count). The van der Waals surface area contributed by atoms with Gasteiger partial charge in [0.05, 0.1) is 12.2 Å². The number of hydrogen-bond donors (Lipinski definition) is 0. The second-order valence-electron chi connectivity index (χ2n) is 4.84. The lowest BCUT2D eigenvalue weighted by Crippen LogP contribution is -2.49. The number of benzene rings is 1. The van der Waals surface area contributed by atoms with Crippen molar-refractivity contribution in [3.05, 3.63) is 46.4 Å².